The van der Waals surface area contributed by atoms with E-state index in [2.05, 4.69) is 20.8 Å². The predicted octanol–water partition coefficient (Wildman–Crippen LogP) is 3.34. The average Bonchev–Trinajstić information content (AvgIpc) is 2.32. The van der Waals surface area contributed by atoms with Crippen LogP contribution in [0.2, 0.25) is 0 Å². The summed E-state index contributed by atoms with van der Waals surface area (Å²) in [6, 6.07) is 0. The summed E-state index contributed by atoms with van der Waals surface area (Å²) in [5.41, 5.74) is 0. The molecule has 3 heteroatoms. The van der Waals surface area contributed by atoms with E-state index in [9.17, 15) is 4.79 Å². The van der Waals surface area contributed by atoms with Gasteiger partial charge in [0.25, 0.3) is 0 Å². The Morgan fingerprint density at radius 1 is 1.12 bits per heavy atom. The van der Waals surface area contributed by atoms with Crippen LogP contribution in [-0.4, -0.2) is 28.7 Å². The van der Waals surface area contributed by atoms with Gasteiger partial charge in [-0.2, -0.15) is 0 Å². The van der Waals surface area contributed by atoms with Crippen LogP contribution in [0.5, 0.6) is 0 Å². The van der Waals surface area contributed by atoms with Gasteiger partial charge in [0.1, 0.15) is 0 Å². The van der Waals surface area contributed by atoms with Crippen LogP contribution in [0.25, 0.3) is 0 Å². The van der Waals surface area contributed by atoms with Crippen LogP contribution >= 0.6 is 15.9 Å². The highest BCUT2D eigenvalue weighted by Gasteiger charge is 2.26. The molecule has 2 fully saturated rings. The molecule has 1 aliphatic heterocycles. The molecule has 0 aromatic rings. The highest BCUT2D eigenvalue weighted by molar-refractivity contribution is 9.10. The Kier molecular flexibility index (Phi) is 4.68. The standard InChI is InChI=1S/C13H22BrNO/c14-12-7-4-9-15(13(12)16)10-8-11-5-2-1-3-6-11/h11-12H,1-10H2. The molecule has 1 unspecified atom stereocenters. The second-order valence-electron chi connectivity index (χ2n) is 5.23. The second-order valence-corrected chi connectivity index (χ2v) is 6.33. The van der Waals surface area contributed by atoms with Gasteiger partial charge in [0.2, 0.25) is 5.91 Å². The molecule has 0 aromatic heterocycles. The van der Waals surface area contributed by atoms with Gasteiger partial charge in [0.15, 0.2) is 0 Å². The molecule has 0 radical (unpaired) electrons. The molecule has 1 aliphatic carbocycles. The Labute approximate surface area is 107 Å². The molecule has 16 heavy (non-hydrogen) atoms. The normalized spacial score (nSPS) is 28.4. The summed E-state index contributed by atoms with van der Waals surface area (Å²) in [6.07, 6.45) is 10.4. The fourth-order valence-electron chi connectivity index (χ4n) is 2.93. The zero-order valence-electron chi connectivity index (χ0n) is 9.96. The molecule has 1 atom stereocenters. The number of piperidine rings is 1. The number of nitrogens with zero attached hydrogens (tertiary/aromatic N) is 1. The van der Waals surface area contributed by atoms with E-state index in [1.807, 2.05) is 0 Å². The number of hydrogen-bond acceptors (Lipinski definition) is 1. The predicted molar refractivity (Wildman–Crippen MR) is 69.7 cm³/mol. The van der Waals surface area contributed by atoms with Gasteiger partial charge >= 0.3 is 0 Å². The van der Waals surface area contributed by atoms with Crippen LogP contribution in [0.1, 0.15) is 51.4 Å². The summed E-state index contributed by atoms with van der Waals surface area (Å²) in [6.45, 7) is 1.97. The van der Waals surface area contributed by atoms with E-state index in [-0.39, 0.29) is 4.83 Å². The van der Waals surface area contributed by atoms with Gasteiger partial charge in [-0.25, -0.2) is 0 Å². The number of carbonyl (C=O) groups excluding carboxylic acids is 1. The fourth-order valence-corrected chi connectivity index (χ4v) is 3.54. The number of amides is 1. The van der Waals surface area contributed by atoms with E-state index in [0.717, 1.165) is 31.8 Å². The molecule has 2 rings (SSSR count). The van der Waals surface area contributed by atoms with Crippen LogP contribution in [0.15, 0.2) is 0 Å². The maximum atomic E-state index is 11.9. The summed E-state index contributed by atoms with van der Waals surface area (Å²) < 4.78 is 0. The highest BCUT2D eigenvalue weighted by Crippen LogP contribution is 2.27. The van der Waals surface area contributed by atoms with Gasteiger partial charge in [-0.1, -0.05) is 48.0 Å². The average molecular weight is 288 g/mol. The molecule has 1 amide bonds. The zero-order valence-corrected chi connectivity index (χ0v) is 11.5. The number of likely N-dealkylation sites (tertiary alicyclic amines) is 1. The van der Waals surface area contributed by atoms with Gasteiger partial charge in [0.05, 0.1) is 4.83 Å². The van der Waals surface area contributed by atoms with Crippen molar-refractivity contribution in [1.82, 2.24) is 4.90 Å². The zero-order chi connectivity index (χ0) is 11.4. The lowest BCUT2D eigenvalue weighted by Gasteiger charge is -2.31. The lowest BCUT2D eigenvalue weighted by molar-refractivity contribution is -0.132. The number of rotatable bonds is 3. The minimum Gasteiger partial charge on any atom is -0.342 e. The molecular formula is C13H22BrNO. The van der Waals surface area contributed by atoms with Crippen LogP contribution in [0, 0.1) is 5.92 Å². The number of carbonyl (C=O) groups is 1. The summed E-state index contributed by atoms with van der Waals surface area (Å²) in [5, 5.41) is 0. The van der Waals surface area contributed by atoms with E-state index in [1.54, 1.807) is 0 Å². The van der Waals surface area contributed by atoms with E-state index in [4.69, 9.17) is 0 Å². The summed E-state index contributed by atoms with van der Waals surface area (Å²) in [4.78, 5) is 14.0. The smallest absolute Gasteiger partial charge is 0.236 e. The van der Waals surface area contributed by atoms with Crippen molar-refractivity contribution in [3.05, 3.63) is 0 Å². The van der Waals surface area contributed by atoms with E-state index < -0.39 is 0 Å². The van der Waals surface area contributed by atoms with Crippen LogP contribution in [0.3, 0.4) is 0 Å². The van der Waals surface area contributed by atoms with E-state index >= 15 is 0 Å². The molecule has 92 valence electrons. The Morgan fingerprint density at radius 3 is 2.62 bits per heavy atom. The third-order valence-corrected chi connectivity index (χ3v) is 4.85. The maximum Gasteiger partial charge on any atom is 0.236 e. The third kappa shape index (κ3) is 3.22. The Bertz CT molecular complexity index is 238. The molecule has 1 saturated heterocycles. The third-order valence-electron chi connectivity index (χ3n) is 4.00. The number of hydrogen-bond donors (Lipinski definition) is 0. The number of alkyl halides is 1. The van der Waals surface area contributed by atoms with Crippen molar-refractivity contribution in [2.75, 3.05) is 13.1 Å². The van der Waals surface area contributed by atoms with Crippen LogP contribution < -0.4 is 0 Å². The maximum absolute atomic E-state index is 11.9. The van der Waals surface area contributed by atoms with Crippen molar-refractivity contribution in [2.24, 2.45) is 5.92 Å². The van der Waals surface area contributed by atoms with Crippen molar-refractivity contribution < 1.29 is 4.79 Å². The van der Waals surface area contributed by atoms with Crippen molar-refractivity contribution >= 4 is 21.8 Å². The molecule has 2 nitrogen and oxygen atoms in total. The largest absolute Gasteiger partial charge is 0.342 e. The molecular weight excluding hydrogens is 266 g/mol. The summed E-state index contributed by atoms with van der Waals surface area (Å²) >= 11 is 3.47. The SMILES string of the molecule is O=C1C(Br)CCCN1CCC1CCCCC1. The molecule has 0 bridgehead atoms. The molecule has 0 spiro atoms. The Balaban J connectivity index is 1.73. The van der Waals surface area contributed by atoms with Crippen molar-refractivity contribution in [3.8, 4) is 0 Å². The molecule has 1 heterocycles. The van der Waals surface area contributed by atoms with Crippen LogP contribution in [0.4, 0.5) is 0 Å². The van der Waals surface area contributed by atoms with E-state index in [0.29, 0.717) is 5.91 Å². The molecule has 0 aromatic carbocycles. The molecule has 0 N–H and O–H groups in total. The lowest BCUT2D eigenvalue weighted by atomic mass is 9.87. The lowest BCUT2D eigenvalue weighted by Crippen LogP contribution is -2.42. The van der Waals surface area contributed by atoms with Gasteiger partial charge in [-0.3, -0.25) is 4.79 Å². The topological polar surface area (TPSA) is 20.3 Å². The first-order valence-corrected chi connectivity index (χ1v) is 7.62. The Morgan fingerprint density at radius 2 is 1.88 bits per heavy atom. The van der Waals surface area contributed by atoms with Crippen molar-refractivity contribution in [1.29, 1.82) is 0 Å². The molecule has 1 saturated carbocycles. The van der Waals surface area contributed by atoms with Gasteiger partial charge in [0, 0.05) is 13.1 Å². The van der Waals surface area contributed by atoms with Gasteiger partial charge < -0.3 is 4.90 Å². The first-order chi connectivity index (χ1) is 7.77. The fraction of sp³-hybridized carbons (Fsp3) is 0.923. The summed E-state index contributed by atoms with van der Waals surface area (Å²) in [7, 11) is 0. The second kappa shape index (κ2) is 6.04. The van der Waals surface area contributed by atoms with E-state index in [1.165, 1.54) is 38.5 Å². The number of halogens is 1. The first-order valence-electron chi connectivity index (χ1n) is 6.70. The minimum absolute atomic E-state index is 0.0904. The van der Waals surface area contributed by atoms with Gasteiger partial charge in [-0.15, -0.1) is 0 Å². The highest BCUT2D eigenvalue weighted by atomic mass is 79.9. The Hall–Kier alpha value is -0.0500. The van der Waals surface area contributed by atoms with Crippen molar-refractivity contribution in [3.63, 3.8) is 0 Å². The molecule has 2 aliphatic rings. The first kappa shape index (κ1) is 12.4. The van der Waals surface area contributed by atoms with Crippen molar-refractivity contribution in [2.45, 2.75) is 56.2 Å². The minimum atomic E-state index is 0.0904. The van der Waals surface area contributed by atoms with Gasteiger partial charge in [-0.05, 0) is 25.2 Å². The summed E-state index contributed by atoms with van der Waals surface area (Å²) in [5.74, 6) is 1.21. The quantitative estimate of drug-likeness (QED) is 0.729. The van der Waals surface area contributed by atoms with Crippen LogP contribution in [-0.2, 0) is 4.79 Å². The monoisotopic (exact) mass is 287 g/mol.